The number of rotatable bonds is 6. The summed E-state index contributed by atoms with van der Waals surface area (Å²) < 4.78 is 5.31. The predicted molar refractivity (Wildman–Crippen MR) is 98.4 cm³/mol. The summed E-state index contributed by atoms with van der Waals surface area (Å²) in [6.45, 7) is 2.02. The zero-order chi connectivity index (χ0) is 18.4. The molecule has 2 heterocycles. The number of pyridine rings is 1. The maximum absolute atomic E-state index is 12.4. The molecule has 1 aromatic carbocycles. The number of hydrogen-bond donors (Lipinski definition) is 1. The van der Waals surface area contributed by atoms with Gasteiger partial charge in [-0.25, -0.2) is 0 Å². The summed E-state index contributed by atoms with van der Waals surface area (Å²) in [7, 11) is 1.63. The Morgan fingerprint density at radius 1 is 1.19 bits per heavy atom. The standard InChI is InChI=1S/C20H23N3O3/c1-26-18-7-3-2-6-15(18)8-11-22-19(24)17-14-16(9-10-21-17)20(25)23-12-4-5-13-23/h2-3,6-7,9-10,14H,4-5,8,11-13H2,1H3,(H,22,24). The number of methoxy groups -OCH3 is 1. The van der Waals surface area contributed by atoms with Gasteiger partial charge in [-0.1, -0.05) is 18.2 Å². The average Bonchev–Trinajstić information content (AvgIpc) is 3.22. The molecule has 1 aliphatic heterocycles. The molecule has 2 aromatic rings. The average molecular weight is 353 g/mol. The molecule has 1 saturated heterocycles. The van der Waals surface area contributed by atoms with E-state index in [-0.39, 0.29) is 17.5 Å². The molecule has 1 aliphatic rings. The Balaban J connectivity index is 1.59. The van der Waals surface area contributed by atoms with Crippen molar-refractivity contribution in [3.05, 3.63) is 59.4 Å². The summed E-state index contributed by atoms with van der Waals surface area (Å²) in [5.41, 5.74) is 1.80. The second-order valence-electron chi connectivity index (χ2n) is 6.25. The van der Waals surface area contributed by atoms with Crippen molar-refractivity contribution in [2.75, 3.05) is 26.7 Å². The third-order valence-electron chi connectivity index (χ3n) is 4.51. The lowest BCUT2D eigenvalue weighted by Gasteiger charge is -2.15. The number of aromatic nitrogens is 1. The van der Waals surface area contributed by atoms with Crippen LogP contribution < -0.4 is 10.1 Å². The molecular weight excluding hydrogens is 330 g/mol. The van der Waals surface area contributed by atoms with Crippen LogP contribution in [-0.2, 0) is 6.42 Å². The van der Waals surface area contributed by atoms with Crippen molar-refractivity contribution in [1.29, 1.82) is 0 Å². The number of nitrogens with one attached hydrogen (secondary N) is 1. The maximum Gasteiger partial charge on any atom is 0.269 e. The van der Waals surface area contributed by atoms with Gasteiger partial charge in [-0.2, -0.15) is 0 Å². The van der Waals surface area contributed by atoms with E-state index < -0.39 is 0 Å². The minimum atomic E-state index is -0.282. The molecule has 0 saturated carbocycles. The number of hydrogen-bond acceptors (Lipinski definition) is 4. The molecule has 26 heavy (non-hydrogen) atoms. The van der Waals surface area contributed by atoms with Gasteiger partial charge >= 0.3 is 0 Å². The molecule has 6 nitrogen and oxygen atoms in total. The Morgan fingerprint density at radius 2 is 1.96 bits per heavy atom. The number of ether oxygens (including phenoxy) is 1. The first-order valence-corrected chi connectivity index (χ1v) is 8.84. The third-order valence-corrected chi connectivity index (χ3v) is 4.51. The topological polar surface area (TPSA) is 71.5 Å². The van der Waals surface area contributed by atoms with Crippen LogP contribution in [0, 0.1) is 0 Å². The normalized spacial score (nSPS) is 13.5. The van der Waals surface area contributed by atoms with Crippen LogP contribution in [0.25, 0.3) is 0 Å². The van der Waals surface area contributed by atoms with Crippen molar-refractivity contribution in [2.24, 2.45) is 0 Å². The molecule has 0 atom stereocenters. The maximum atomic E-state index is 12.4. The fourth-order valence-corrected chi connectivity index (χ4v) is 3.10. The van der Waals surface area contributed by atoms with E-state index >= 15 is 0 Å². The van der Waals surface area contributed by atoms with Crippen molar-refractivity contribution >= 4 is 11.8 Å². The number of carbonyl (C=O) groups is 2. The first-order valence-electron chi connectivity index (χ1n) is 8.84. The second kappa shape index (κ2) is 8.47. The summed E-state index contributed by atoms with van der Waals surface area (Å²) in [6, 6.07) is 10.9. The second-order valence-corrected chi connectivity index (χ2v) is 6.25. The predicted octanol–water partition coefficient (Wildman–Crippen LogP) is 2.30. The minimum Gasteiger partial charge on any atom is -0.496 e. The zero-order valence-corrected chi connectivity index (χ0v) is 14.9. The van der Waals surface area contributed by atoms with E-state index in [4.69, 9.17) is 4.74 Å². The molecule has 136 valence electrons. The Hall–Kier alpha value is -2.89. The van der Waals surface area contributed by atoms with Gasteiger partial charge in [0.25, 0.3) is 11.8 Å². The number of amides is 2. The summed E-state index contributed by atoms with van der Waals surface area (Å²) >= 11 is 0. The first kappa shape index (κ1) is 17.9. The van der Waals surface area contributed by atoms with Gasteiger partial charge in [0.1, 0.15) is 11.4 Å². The third kappa shape index (κ3) is 4.20. The molecule has 3 rings (SSSR count). The van der Waals surface area contributed by atoms with Crippen LogP contribution in [0.5, 0.6) is 5.75 Å². The smallest absolute Gasteiger partial charge is 0.269 e. The van der Waals surface area contributed by atoms with E-state index in [1.54, 1.807) is 19.2 Å². The van der Waals surface area contributed by atoms with E-state index in [9.17, 15) is 9.59 Å². The minimum absolute atomic E-state index is 0.0343. The van der Waals surface area contributed by atoms with E-state index in [0.29, 0.717) is 18.5 Å². The molecule has 0 radical (unpaired) electrons. The highest BCUT2D eigenvalue weighted by atomic mass is 16.5. The van der Waals surface area contributed by atoms with Crippen molar-refractivity contribution in [2.45, 2.75) is 19.3 Å². The number of carbonyl (C=O) groups excluding carboxylic acids is 2. The monoisotopic (exact) mass is 353 g/mol. The number of nitrogens with zero attached hydrogens (tertiary/aromatic N) is 2. The summed E-state index contributed by atoms with van der Waals surface area (Å²) in [5, 5.41) is 2.85. The highest BCUT2D eigenvalue weighted by Crippen LogP contribution is 2.17. The van der Waals surface area contributed by atoms with Crippen molar-refractivity contribution in [3.63, 3.8) is 0 Å². The Morgan fingerprint density at radius 3 is 2.73 bits per heavy atom. The fourth-order valence-electron chi connectivity index (χ4n) is 3.10. The van der Waals surface area contributed by atoms with Gasteiger partial charge in [-0.15, -0.1) is 0 Å². The lowest BCUT2D eigenvalue weighted by atomic mass is 10.1. The molecule has 0 bridgehead atoms. The molecular formula is C20H23N3O3. The molecule has 6 heteroatoms. The van der Waals surface area contributed by atoms with Crippen LogP contribution in [0.3, 0.4) is 0 Å². The van der Waals surface area contributed by atoms with Gasteiger partial charge in [-0.05, 0) is 43.0 Å². The molecule has 1 aromatic heterocycles. The lowest BCUT2D eigenvalue weighted by molar-refractivity contribution is 0.0792. The van der Waals surface area contributed by atoms with E-state index in [1.165, 1.54) is 6.20 Å². The van der Waals surface area contributed by atoms with Crippen LogP contribution in [0.4, 0.5) is 0 Å². The summed E-state index contributed by atoms with van der Waals surface area (Å²) in [5.74, 6) is 0.488. The van der Waals surface area contributed by atoms with Crippen LogP contribution in [0.15, 0.2) is 42.6 Å². The van der Waals surface area contributed by atoms with Gasteiger partial charge in [0, 0.05) is 31.4 Å². The Bertz CT molecular complexity index is 785. The molecule has 1 fully saturated rings. The van der Waals surface area contributed by atoms with E-state index in [0.717, 1.165) is 37.2 Å². The van der Waals surface area contributed by atoms with Crippen LogP contribution in [-0.4, -0.2) is 48.4 Å². The first-order chi connectivity index (χ1) is 12.7. The van der Waals surface area contributed by atoms with Crippen LogP contribution in [0.1, 0.15) is 39.3 Å². The number of para-hydroxylation sites is 1. The Kier molecular flexibility index (Phi) is 5.84. The van der Waals surface area contributed by atoms with Gasteiger partial charge in [0.2, 0.25) is 0 Å². The number of likely N-dealkylation sites (tertiary alicyclic amines) is 1. The van der Waals surface area contributed by atoms with Crippen molar-refractivity contribution in [3.8, 4) is 5.75 Å². The molecule has 0 unspecified atom stereocenters. The van der Waals surface area contributed by atoms with Gasteiger partial charge in [0.15, 0.2) is 0 Å². The van der Waals surface area contributed by atoms with Gasteiger partial charge in [0.05, 0.1) is 7.11 Å². The molecule has 1 N–H and O–H groups in total. The van der Waals surface area contributed by atoms with Gasteiger partial charge < -0.3 is 15.0 Å². The highest BCUT2D eigenvalue weighted by Gasteiger charge is 2.20. The summed E-state index contributed by atoms with van der Waals surface area (Å²) in [6.07, 6.45) is 4.24. The fraction of sp³-hybridized carbons (Fsp3) is 0.350. The van der Waals surface area contributed by atoms with E-state index in [1.807, 2.05) is 29.2 Å². The van der Waals surface area contributed by atoms with E-state index in [2.05, 4.69) is 10.3 Å². The van der Waals surface area contributed by atoms with Gasteiger partial charge in [-0.3, -0.25) is 14.6 Å². The molecule has 0 aliphatic carbocycles. The SMILES string of the molecule is COc1ccccc1CCNC(=O)c1cc(C(=O)N2CCCC2)ccn1. The molecule has 0 spiro atoms. The molecule has 2 amide bonds. The Labute approximate surface area is 153 Å². The zero-order valence-electron chi connectivity index (χ0n) is 14.9. The van der Waals surface area contributed by atoms with Crippen LogP contribution >= 0.6 is 0 Å². The van der Waals surface area contributed by atoms with Crippen molar-refractivity contribution < 1.29 is 14.3 Å². The quantitative estimate of drug-likeness (QED) is 0.865. The highest BCUT2D eigenvalue weighted by molar-refractivity contribution is 5.98. The summed E-state index contributed by atoms with van der Waals surface area (Å²) in [4.78, 5) is 30.7. The largest absolute Gasteiger partial charge is 0.496 e. The lowest BCUT2D eigenvalue weighted by Crippen LogP contribution is -2.29. The number of benzene rings is 1. The van der Waals surface area contributed by atoms with Crippen LogP contribution in [0.2, 0.25) is 0 Å². The van der Waals surface area contributed by atoms with Crippen molar-refractivity contribution in [1.82, 2.24) is 15.2 Å².